The van der Waals surface area contributed by atoms with Gasteiger partial charge in [0, 0.05) is 11.1 Å². The van der Waals surface area contributed by atoms with Crippen molar-refractivity contribution in [2.75, 3.05) is 6.61 Å². The third kappa shape index (κ3) is 4.90. The van der Waals surface area contributed by atoms with Crippen LogP contribution in [0.25, 0.3) is 11.1 Å². The zero-order valence-corrected chi connectivity index (χ0v) is 21.0. The molecule has 1 N–H and O–H groups in total. The number of carbonyl (C=O) groups excluding carboxylic acids is 1. The second kappa shape index (κ2) is 10.1. The van der Waals surface area contributed by atoms with E-state index < -0.39 is 5.92 Å². The Labute approximate surface area is 206 Å². The first-order valence-electron chi connectivity index (χ1n) is 12.2. The number of aromatic hydroxyl groups is 1. The van der Waals surface area contributed by atoms with Crippen LogP contribution < -0.4 is 4.74 Å². The van der Waals surface area contributed by atoms with Gasteiger partial charge in [0.1, 0.15) is 17.3 Å². The lowest BCUT2D eigenvalue weighted by Gasteiger charge is -2.34. The molecule has 4 rings (SSSR count). The van der Waals surface area contributed by atoms with Gasteiger partial charge in [-0.1, -0.05) is 42.5 Å². The number of ether oxygens (including phenoxy) is 2. The average Bonchev–Trinajstić information content (AvgIpc) is 2.85. The topological polar surface area (TPSA) is 55.8 Å². The summed E-state index contributed by atoms with van der Waals surface area (Å²) in [6, 6.07) is 14.2. The fourth-order valence-corrected chi connectivity index (χ4v) is 5.02. The highest BCUT2D eigenvalue weighted by Crippen LogP contribution is 2.47. The van der Waals surface area contributed by atoms with E-state index in [2.05, 4.69) is 0 Å². The van der Waals surface area contributed by atoms with Gasteiger partial charge in [-0.25, -0.2) is 4.39 Å². The van der Waals surface area contributed by atoms with Crippen LogP contribution in [0.3, 0.4) is 0 Å². The molecule has 1 aliphatic heterocycles. The zero-order valence-electron chi connectivity index (χ0n) is 21.0. The summed E-state index contributed by atoms with van der Waals surface area (Å²) in [5, 5.41) is 10.6. The van der Waals surface area contributed by atoms with E-state index in [1.165, 1.54) is 6.07 Å². The van der Waals surface area contributed by atoms with Gasteiger partial charge < -0.3 is 14.6 Å². The molecule has 0 amide bonds. The molecule has 3 unspecified atom stereocenters. The number of fused-ring (bicyclic) bond motifs is 1. The molecule has 3 aromatic rings. The highest BCUT2D eigenvalue weighted by atomic mass is 19.1. The monoisotopic (exact) mass is 476 g/mol. The van der Waals surface area contributed by atoms with E-state index in [0.717, 1.165) is 40.0 Å². The maximum Gasteiger partial charge on any atom is 0.313 e. The summed E-state index contributed by atoms with van der Waals surface area (Å²) in [4.78, 5) is 12.8. The minimum atomic E-state index is -0.578. The normalized spacial score (nSPS) is 17.9. The molecule has 0 radical (unpaired) electrons. The molecule has 0 aliphatic carbocycles. The molecule has 0 saturated heterocycles. The van der Waals surface area contributed by atoms with Crippen molar-refractivity contribution in [3.05, 3.63) is 82.2 Å². The van der Waals surface area contributed by atoms with Gasteiger partial charge in [-0.3, -0.25) is 4.79 Å². The number of hydrogen-bond acceptors (Lipinski definition) is 4. The molecular formula is C30H33FO4. The van der Waals surface area contributed by atoms with Crippen molar-refractivity contribution in [1.29, 1.82) is 0 Å². The number of halogens is 1. The third-order valence-electron chi connectivity index (χ3n) is 7.25. The summed E-state index contributed by atoms with van der Waals surface area (Å²) in [6.07, 6.45) is 1.45. The van der Waals surface area contributed by atoms with Crippen LogP contribution in [-0.2, 0) is 9.53 Å². The van der Waals surface area contributed by atoms with Gasteiger partial charge in [0.05, 0.1) is 18.6 Å². The lowest BCUT2D eigenvalue weighted by Crippen LogP contribution is -2.26. The maximum atomic E-state index is 14.8. The van der Waals surface area contributed by atoms with Crippen molar-refractivity contribution in [1.82, 2.24) is 0 Å². The van der Waals surface area contributed by atoms with Gasteiger partial charge in [0.25, 0.3) is 0 Å². The molecule has 0 spiro atoms. The molecule has 0 saturated carbocycles. The predicted molar refractivity (Wildman–Crippen MR) is 136 cm³/mol. The van der Waals surface area contributed by atoms with E-state index in [4.69, 9.17) is 9.47 Å². The molecule has 3 aromatic carbocycles. The lowest BCUT2D eigenvalue weighted by atomic mass is 9.82. The maximum absolute atomic E-state index is 14.8. The van der Waals surface area contributed by atoms with E-state index in [9.17, 15) is 14.3 Å². The first-order valence-corrected chi connectivity index (χ1v) is 12.2. The molecule has 0 fully saturated rings. The van der Waals surface area contributed by atoms with Crippen LogP contribution in [0.4, 0.5) is 4.39 Å². The minimum absolute atomic E-state index is 0.0373. The first-order chi connectivity index (χ1) is 16.7. The van der Waals surface area contributed by atoms with Crippen LogP contribution in [0.5, 0.6) is 11.5 Å². The van der Waals surface area contributed by atoms with E-state index >= 15 is 0 Å². The summed E-state index contributed by atoms with van der Waals surface area (Å²) in [5.74, 6) is -0.0549. The molecule has 184 valence electrons. The second-order valence-electron chi connectivity index (χ2n) is 9.61. The Balaban J connectivity index is 1.43. The van der Waals surface area contributed by atoms with Gasteiger partial charge in [-0.05, 0) is 87.3 Å². The highest BCUT2D eigenvalue weighted by molar-refractivity contribution is 5.78. The Bertz CT molecular complexity index is 1240. The fourth-order valence-electron chi connectivity index (χ4n) is 5.02. The summed E-state index contributed by atoms with van der Waals surface area (Å²) in [7, 11) is 0. The molecule has 0 bridgehead atoms. The molecule has 4 nitrogen and oxygen atoms in total. The van der Waals surface area contributed by atoms with Crippen molar-refractivity contribution in [2.45, 2.75) is 65.4 Å². The van der Waals surface area contributed by atoms with Crippen LogP contribution in [0.15, 0.2) is 48.5 Å². The van der Waals surface area contributed by atoms with Crippen molar-refractivity contribution in [2.24, 2.45) is 0 Å². The van der Waals surface area contributed by atoms with Gasteiger partial charge in [0.2, 0.25) is 0 Å². The Morgan fingerprint density at radius 2 is 1.83 bits per heavy atom. The average molecular weight is 477 g/mol. The predicted octanol–water partition coefficient (Wildman–Crippen LogP) is 7.12. The number of hydrogen-bond donors (Lipinski definition) is 1. The number of benzene rings is 3. The Morgan fingerprint density at radius 3 is 2.51 bits per heavy atom. The van der Waals surface area contributed by atoms with Crippen molar-refractivity contribution in [3.8, 4) is 22.6 Å². The van der Waals surface area contributed by atoms with Crippen LogP contribution in [0, 0.1) is 26.6 Å². The first kappa shape index (κ1) is 24.8. The Morgan fingerprint density at radius 1 is 1.11 bits per heavy atom. The number of rotatable bonds is 6. The summed E-state index contributed by atoms with van der Waals surface area (Å²) < 4.78 is 26.5. The molecule has 0 aromatic heterocycles. The number of phenolic OH excluding ortho intramolecular Hbond substituents is 1. The van der Waals surface area contributed by atoms with E-state index in [0.29, 0.717) is 23.3 Å². The summed E-state index contributed by atoms with van der Waals surface area (Å²) in [6.45, 7) is 9.79. The minimum Gasteiger partial charge on any atom is -0.507 e. The summed E-state index contributed by atoms with van der Waals surface area (Å²) >= 11 is 0. The van der Waals surface area contributed by atoms with Gasteiger partial charge in [-0.15, -0.1) is 0 Å². The van der Waals surface area contributed by atoms with Gasteiger partial charge >= 0.3 is 5.97 Å². The highest BCUT2D eigenvalue weighted by Gasteiger charge is 2.31. The SMILES string of the molecule is Cc1c(C)c2c(c(C)c1O)C(CCOC(=O)C(C)c1ccc(-c3ccccc3)c(F)c1)CC(C)O2. The molecular weight excluding hydrogens is 443 g/mol. The van der Waals surface area contributed by atoms with E-state index in [1.807, 2.05) is 58.0 Å². The fraction of sp³-hybridized carbons (Fsp3) is 0.367. The van der Waals surface area contributed by atoms with E-state index in [-0.39, 0.29) is 30.4 Å². The van der Waals surface area contributed by atoms with Crippen LogP contribution in [0.1, 0.15) is 66.3 Å². The number of phenols is 1. The van der Waals surface area contributed by atoms with Crippen molar-refractivity contribution >= 4 is 5.97 Å². The van der Waals surface area contributed by atoms with Crippen molar-refractivity contribution in [3.63, 3.8) is 0 Å². The standard InChI is InChI=1S/C30H33FO4/c1-17-15-24(27-21(5)28(32)18(2)19(3)29(27)35-17)13-14-34-30(33)20(4)23-11-12-25(26(31)16-23)22-9-7-6-8-10-22/h6-12,16-17,20,24,32H,13-15H2,1-5H3. The zero-order chi connectivity index (χ0) is 25.3. The van der Waals surface area contributed by atoms with Crippen LogP contribution in [0.2, 0.25) is 0 Å². The van der Waals surface area contributed by atoms with Crippen LogP contribution >= 0.6 is 0 Å². The smallest absolute Gasteiger partial charge is 0.313 e. The summed E-state index contributed by atoms with van der Waals surface area (Å²) in [5.41, 5.74) is 5.51. The largest absolute Gasteiger partial charge is 0.507 e. The van der Waals surface area contributed by atoms with Crippen molar-refractivity contribution < 1.29 is 23.8 Å². The number of carbonyl (C=O) groups is 1. The lowest BCUT2D eigenvalue weighted by molar-refractivity contribution is -0.145. The van der Waals surface area contributed by atoms with Gasteiger partial charge in [-0.2, -0.15) is 0 Å². The van der Waals surface area contributed by atoms with Crippen LogP contribution in [-0.4, -0.2) is 23.8 Å². The molecule has 3 atom stereocenters. The molecule has 5 heteroatoms. The van der Waals surface area contributed by atoms with E-state index in [1.54, 1.807) is 19.1 Å². The quantitative estimate of drug-likeness (QED) is 0.385. The number of esters is 1. The Kier molecular flexibility index (Phi) is 7.15. The van der Waals surface area contributed by atoms with Gasteiger partial charge in [0.15, 0.2) is 0 Å². The molecule has 1 aliphatic rings. The third-order valence-corrected chi connectivity index (χ3v) is 7.25. The Hall–Kier alpha value is -3.34. The second-order valence-corrected chi connectivity index (χ2v) is 9.61. The molecule has 1 heterocycles. The molecule has 35 heavy (non-hydrogen) atoms.